The molecule has 5 heteroatoms. The molecule has 1 atom stereocenters. The summed E-state index contributed by atoms with van der Waals surface area (Å²) in [5.41, 5.74) is 0.708. The topological polar surface area (TPSA) is 38.1 Å². The van der Waals surface area contributed by atoms with E-state index in [0.717, 1.165) is 19.6 Å². The first-order chi connectivity index (χ1) is 10.1. The predicted molar refractivity (Wildman–Crippen MR) is 88.1 cm³/mol. The fourth-order valence-electron chi connectivity index (χ4n) is 2.49. The third kappa shape index (κ3) is 3.44. The minimum absolute atomic E-state index is 0.00439. The average molecular weight is 308 g/mol. The van der Waals surface area contributed by atoms with Crippen LogP contribution in [0.3, 0.4) is 0 Å². The van der Waals surface area contributed by atoms with E-state index in [1.807, 2.05) is 31.2 Å². The van der Waals surface area contributed by atoms with Crippen LogP contribution in [0.2, 0.25) is 0 Å². The van der Waals surface area contributed by atoms with E-state index in [-0.39, 0.29) is 10.9 Å². The van der Waals surface area contributed by atoms with Crippen LogP contribution in [0.25, 0.3) is 10.9 Å². The lowest BCUT2D eigenvalue weighted by Gasteiger charge is -2.20. The van der Waals surface area contributed by atoms with Gasteiger partial charge in [-0.05, 0) is 32.1 Å². The van der Waals surface area contributed by atoms with Crippen molar-refractivity contribution in [1.29, 1.82) is 0 Å². The van der Waals surface area contributed by atoms with Crippen molar-refractivity contribution in [2.24, 2.45) is 0 Å². The second kappa shape index (κ2) is 7.05. The number of hydrogen-bond donors (Lipinski definition) is 0. The number of nitrogens with zero attached hydrogens (tertiary/aromatic N) is 3. The molecule has 114 valence electrons. The predicted octanol–water partition coefficient (Wildman–Crippen LogP) is 3.04. The average Bonchev–Trinajstić information content (AvgIpc) is 2.49. The number of para-hydroxylation sites is 1. The Morgan fingerprint density at radius 1 is 1.29 bits per heavy atom. The first kappa shape index (κ1) is 16.0. The maximum absolute atomic E-state index is 12.7. The summed E-state index contributed by atoms with van der Waals surface area (Å²) in [7, 11) is 0. The molecule has 0 saturated heterocycles. The van der Waals surface area contributed by atoms with Crippen molar-refractivity contribution in [2.75, 3.05) is 19.6 Å². The van der Waals surface area contributed by atoms with Crippen molar-refractivity contribution in [3.05, 3.63) is 40.4 Å². The Hall–Kier alpha value is -1.39. The molecule has 0 aliphatic heterocycles. The highest BCUT2D eigenvalue weighted by molar-refractivity contribution is 6.20. The monoisotopic (exact) mass is 307 g/mol. The highest BCUT2D eigenvalue weighted by Gasteiger charge is 2.15. The maximum Gasteiger partial charge on any atom is 0.261 e. The van der Waals surface area contributed by atoms with Gasteiger partial charge in [0.25, 0.3) is 5.56 Å². The van der Waals surface area contributed by atoms with Crippen LogP contribution < -0.4 is 5.56 Å². The number of halogens is 1. The second-order valence-corrected chi connectivity index (χ2v) is 5.74. The number of alkyl halides is 1. The van der Waals surface area contributed by atoms with Gasteiger partial charge in [-0.3, -0.25) is 9.36 Å². The summed E-state index contributed by atoms with van der Waals surface area (Å²) >= 11 is 6.23. The van der Waals surface area contributed by atoms with Crippen LogP contribution in [0.4, 0.5) is 0 Å². The molecule has 0 fully saturated rings. The van der Waals surface area contributed by atoms with Gasteiger partial charge in [-0.25, -0.2) is 4.98 Å². The minimum Gasteiger partial charge on any atom is -0.302 e. The Kier molecular flexibility index (Phi) is 5.37. The van der Waals surface area contributed by atoms with Crippen molar-refractivity contribution >= 4 is 22.5 Å². The van der Waals surface area contributed by atoms with E-state index in [2.05, 4.69) is 23.7 Å². The fourth-order valence-corrected chi connectivity index (χ4v) is 2.65. The number of aromatic nitrogens is 2. The highest BCUT2D eigenvalue weighted by Crippen LogP contribution is 2.18. The molecule has 4 nitrogen and oxygen atoms in total. The number of benzene rings is 1. The molecule has 1 unspecified atom stereocenters. The molecule has 0 spiro atoms. The lowest BCUT2D eigenvalue weighted by atomic mass is 10.2. The molecule has 1 aromatic heterocycles. The number of hydrogen-bond acceptors (Lipinski definition) is 3. The van der Waals surface area contributed by atoms with E-state index >= 15 is 0 Å². The van der Waals surface area contributed by atoms with Crippen LogP contribution in [-0.4, -0.2) is 34.1 Å². The van der Waals surface area contributed by atoms with Crippen molar-refractivity contribution in [1.82, 2.24) is 14.5 Å². The molecule has 21 heavy (non-hydrogen) atoms. The molecule has 2 rings (SSSR count). The number of fused-ring (bicyclic) bond motifs is 1. The summed E-state index contributed by atoms with van der Waals surface area (Å²) in [6.07, 6.45) is 0. The molecule has 0 amide bonds. The first-order valence-corrected chi connectivity index (χ1v) is 7.88. The van der Waals surface area contributed by atoms with E-state index < -0.39 is 0 Å². The third-order valence-electron chi connectivity index (χ3n) is 3.78. The molecule has 0 aliphatic carbocycles. The highest BCUT2D eigenvalue weighted by atomic mass is 35.5. The number of likely N-dealkylation sites (N-methyl/N-ethyl adjacent to an activating group) is 1. The molecule has 0 saturated carbocycles. The van der Waals surface area contributed by atoms with Gasteiger partial charge in [0.15, 0.2) is 0 Å². The first-order valence-electron chi connectivity index (χ1n) is 7.44. The zero-order valence-corrected chi connectivity index (χ0v) is 13.6. The van der Waals surface area contributed by atoms with Gasteiger partial charge in [-0.1, -0.05) is 26.0 Å². The van der Waals surface area contributed by atoms with Gasteiger partial charge in [0, 0.05) is 13.1 Å². The smallest absolute Gasteiger partial charge is 0.261 e. The SMILES string of the molecule is CCN(CC)CCn1c(C(C)Cl)nc2ccccc2c1=O. The normalized spacial score (nSPS) is 13.0. The van der Waals surface area contributed by atoms with E-state index in [9.17, 15) is 4.79 Å². The molecule has 1 heterocycles. The molecule has 1 aromatic carbocycles. The van der Waals surface area contributed by atoms with Crippen LogP contribution in [0.15, 0.2) is 29.1 Å². The zero-order valence-electron chi connectivity index (χ0n) is 12.8. The van der Waals surface area contributed by atoms with Crippen LogP contribution in [0, 0.1) is 0 Å². The molecule has 0 radical (unpaired) electrons. The molecule has 2 aromatic rings. The lowest BCUT2D eigenvalue weighted by molar-refractivity contribution is 0.287. The summed E-state index contributed by atoms with van der Waals surface area (Å²) in [6, 6.07) is 7.43. The third-order valence-corrected chi connectivity index (χ3v) is 3.98. The van der Waals surface area contributed by atoms with Gasteiger partial charge in [0.05, 0.1) is 16.3 Å². The summed E-state index contributed by atoms with van der Waals surface area (Å²) in [6.45, 7) is 9.47. The van der Waals surface area contributed by atoms with Gasteiger partial charge >= 0.3 is 0 Å². The Balaban J connectivity index is 2.47. The molecule has 0 N–H and O–H groups in total. The van der Waals surface area contributed by atoms with Gasteiger partial charge < -0.3 is 4.90 Å². The Morgan fingerprint density at radius 3 is 2.57 bits per heavy atom. The van der Waals surface area contributed by atoms with Gasteiger partial charge in [0.2, 0.25) is 0 Å². The Labute approximate surface area is 130 Å². The van der Waals surface area contributed by atoms with Gasteiger partial charge in [0.1, 0.15) is 5.82 Å². The standard InChI is InChI=1S/C16H22ClN3O/c1-4-19(5-2)10-11-20-15(12(3)17)18-14-9-7-6-8-13(14)16(20)21/h6-9,12H,4-5,10-11H2,1-3H3. The largest absolute Gasteiger partial charge is 0.302 e. The van der Waals surface area contributed by atoms with Crippen molar-refractivity contribution in [3.8, 4) is 0 Å². The maximum atomic E-state index is 12.7. The van der Waals surface area contributed by atoms with Crippen molar-refractivity contribution in [3.63, 3.8) is 0 Å². The summed E-state index contributed by atoms with van der Waals surface area (Å²) < 4.78 is 1.72. The lowest BCUT2D eigenvalue weighted by Crippen LogP contribution is -2.33. The van der Waals surface area contributed by atoms with Gasteiger partial charge in [-0.2, -0.15) is 0 Å². The van der Waals surface area contributed by atoms with Crippen LogP contribution >= 0.6 is 11.6 Å². The van der Waals surface area contributed by atoms with Gasteiger partial charge in [-0.15, -0.1) is 11.6 Å². The summed E-state index contributed by atoms with van der Waals surface area (Å²) in [5.74, 6) is 0.646. The molecule has 0 aliphatic rings. The summed E-state index contributed by atoms with van der Waals surface area (Å²) in [5, 5.41) is 0.358. The zero-order chi connectivity index (χ0) is 15.4. The molecular formula is C16H22ClN3O. The quantitative estimate of drug-likeness (QED) is 0.770. The van der Waals surface area contributed by atoms with Crippen molar-refractivity contribution < 1.29 is 0 Å². The van der Waals surface area contributed by atoms with E-state index in [0.29, 0.717) is 23.3 Å². The van der Waals surface area contributed by atoms with E-state index in [1.165, 1.54) is 0 Å². The van der Waals surface area contributed by atoms with E-state index in [1.54, 1.807) is 4.57 Å². The van der Waals surface area contributed by atoms with Crippen LogP contribution in [0.1, 0.15) is 32.0 Å². The second-order valence-electron chi connectivity index (χ2n) is 5.09. The van der Waals surface area contributed by atoms with Crippen LogP contribution in [0.5, 0.6) is 0 Å². The molecule has 0 bridgehead atoms. The molecular weight excluding hydrogens is 286 g/mol. The van der Waals surface area contributed by atoms with Crippen LogP contribution in [-0.2, 0) is 6.54 Å². The van der Waals surface area contributed by atoms with E-state index in [4.69, 9.17) is 11.6 Å². The van der Waals surface area contributed by atoms with Crippen molar-refractivity contribution in [2.45, 2.75) is 32.7 Å². The summed E-state index contributed by atoms with van der Waals surface area (Å²) in [4.78, 5) is 19.5. The fraction of sp³-hybridized carbons (Fsp3) is 0.500. The Morgan fingerprint density at radius 2 is 1.95 bits per heavy atom. The number of rotatable bonds is 6. The minimum atomic E-state index is -0.293. The Bertz CT molecular complexity index is 662.